The van der Waals surface area contributed by atoms with E-state index in [0.717, 1.165) is 0 Å². The minimum absolute atomic E-state index is 0.559. The van der Waals surface area contributed by atoms with Crippen LogP contribution in [0.5, 0.6) is 0 Å². The lowest BCUT2D eigenvalue weighted by atomic mass is 10.0. The van der Waals surface area contributed by atoms with Crippen LogP contribution in [0.4, 0.5) is 4.79 Å². The molecule has 6 heteroatoms. The molecule has 1 aromatic heterocycles. The molecule has 1 rings (SSSR count). The molecular formula is C12H16ClNO3S. The minimum atomic E-state index is -1.12. The molecule has 0 radical (unpaired) electrons. The first-order chi connectivity index (χ1) is 8.16. The summed E-state index contributed by atoms with van der Waals surface area (Å²) in [5.74, 6) is 0. The number of aldehydes is 1. The number of carbonyl (C=O) groups is 2. The van der Waals surface area contributed by atoms with Crippen molar-refractivity contribution in [1.29, 1.82) is 0 Å². The summed E-state index contributed by atoms with van der Waals surface area (Å²) in [4.78, 5) is 23.6. The van der Waals surface area contributed by atoms with Gasteiger partial charge in [-0.3, -0.25) is 0 Å². The zero-order chi connectivity index (χ0) is 14.0. The number of ether oxygens (including phenoxy) is 1. The van der Waals surface area contributed by atoms with Gasteiger partial charge in [0, 0.05) is 4.88 Å². The van der Waals surface area contributed by atoms with Gasteiger partial charge in [0.25, 0.3) is 0 Å². The van der Waals surface area contributed by atoms with Crippen molar-refractivity contribution in [1.82, 2.24) is 5.32 Å². The number of hydrogen-bond acceptors (Lipinski definition) is 4. The lowest BCUT2D eigenvalue weighted by molar-refractivity contribution is -0.113. The van der Waals surface area contributed by atoms with Crippen LogP contribution in [-0.2, 0) is 15.1 Å². The molecule has 0 fully saturated rings. The maximum atomic E-state index is 11.7. The topological polar surface area (TPSA) is 55.4 Å². The summed E-state index contributed by atoms with van der Waals surface area (Å²) in [6.07, 6.45) is 0.0284. The van der Waals surface area contributed by atoms with Crippen LogP contribution in [0.3, 0.4) is 0 Å². The lowest BCUT2D eigenvalue weighted by Crippen LogP contribution is -2.46. The quantitative estimate of drug-likeness (QED) is 0.868. The van der Waals surface area contributed by atoms with E-state index in [-0.39, 0.29) is 0 Å². The Morgan fingerprint density at radius 1 is 1.39 bits per heavy atom. The Kier molecular flexibility index (Phi) is 4.40. The van der Waals surface area contributed by atoms with Crippen LogP contribution in [0.15, 0.2) is 12.1 Å². The molecule has 1 amide bonds. The number of rotatable bonds is 3. The maximum absolute atomic E-state index is 11.7. The van der Waals surface area contributed by atoms with Gasteiger partial charge in [-0.1, -0.05) is 11.6 Å². The van der Waals surface area contributed by atoms with Gasteiger partial charge in [0.15, 0.2) is 6.29 Å². The first-order valence-electron chi connectivity index (χ1n) is 5.39. The maximum Gasteiger partial charge on any atom is 0.408 e. The molecule has 1 atom stereocenters. The summed E-state index contributed by atoms with van der Waals surface area (Å²) in [5, 5.41) is 2.55. The Morgan fingerprint density at radius 3 is 2.39 bits per heavy atom. The molecule has 1 heterocycles. The second kappa shape index (κ2) is 5.28. The second-order valence-corrected chi connectivity index (χ2v) is 6.77. The van der Waals surface area contributed by atoms with Crippen LogP contribution in [0, 0.1) is 0 Å². The van der Waals surface area contributed by atoms with Crippen LogP contribution < -0.4 is 5.32 Å². The van der Waals surface area contributed by atoms with Gasteiger partial charge in [-0.2, -0.15) is 0 Å². The van der Waals surface area contributed by atoms with Gasteiger partial charge in [0.2, 0.25) is 0 Å². The van der Waals surface area contributed by atoms with E-state index in [2.05, 4.69) is 5.32 Å². The molecule has 4 nitrogen and oxygen atoms in total. The third-order valence-corrected chi connectivity index (χ3v) is 3.55. The molecule has 100 valence electrons. The van der Waals surface area contributed by atoms with Gasteiger partial charge >= 0.3 is 6.09 Å². The number of halogens is 1. The molecule has 0 spiro atoms. The number of alkyl carbamates (subject to hydrolysis) is 1. The van der Waals surface area contributed by atoms with Gasteiger partial charge in [0.05, 0.1) is 4.34 Å². The highest BCUT2D eigenvalue weighted by Gasteiger charge is 2.31. The molecule has 0 aliphatic heterocycles. The minimum Gasteiger partial charge on any atom is -0.444 e. The average Bonchev–Trinajstić information content (AvgIpc) is 2.62. The van der Waals surface area contributed by atoms with Gasteiger partial charge in [0.1, 0.15) is 11.1 Å². The summed E-state index contributed by atoms with van der Waals surface area (Å²) >= 11 is 7.07. The second-order valence-electron chi connectivity index (χ2n) is 5.05. The van der Waals surface area contributed by atoms with E-state index < -0.39 is 17.2 Å². The monoisotopic (exact) mass is 289 g/mol. The molecule has 0 saturated heterocycles. The Labute approximate surface area is 115 Å². The molecule has 1 unspecified atom stereocenters. The predicted molar refractivity (Wildman–Crippen MR) is 72.1 cm³/mol. The van der Waals surface area contributed by atoms with E-state index in [0.29, 0.717) is 15.5 Å². The summed E-state index contributed by atoms with van der Waals surface area (Å²) in [5.41, 5.74) is -1.74. The number of amides is 1. The van der Waals surface area contributed by atoms with Crippen LogP contribution in [0.1, 0.15) is 32.6 Å². The Bertz CT molecular complexity index is 452. The zero-order valence-electron chi connectivity index (χ0n) is 10.7. The van der Waals surface area contributed by atoms with E-state index in [4.69, 9.17) is 16.3 Å². The largest absolute Gasteiger partial charge is 0.444 e. The summed E-state index contributed by atoms with van der Waals surface area (Å²) in [6, 6.07) is 3.39. The molecule has 18 heavy (non-hydrogen) atoms. The average molecular weight is 290 g/mol. The smallest absolute Gasteiger partial charge is 0.408 e. The highest BCUT2D eigenvalue weighted by atomic mass is 35.5. The van der Waals surface area contributed by atoms with Gasteiger partial charge in [-0.25, -0.2) is 4.79 Å². The summed E-state index contributed by atoms with van der Waals surface area (Å²) < 4.78 is 5.69. The van der Waals surface area contributed by atoms with E-state index >= 15 is 0 Å². The summed E-state index contributed by atoms with van der Waals surface area (Å²) in [6.45, 7) is 6.87. The van der Waals surface area contributed by atoms with Gasteiger partial charge < -0.3 is 14.8 Å². The van der Waals surface area contributed by atoms with Crippen LogP contribution >= 0.6 is 22.9 Å². The number of thiophene rings is 1. The fourth-order valence-electron chi connectivity index (χ4n) is 1.26. The van der Waals surface area contributed by atoms with Crippen molar-refractivity contribution in [2.75, 3.05) is 0 Å². The van der Waals surface area contributed by atoms with Gasteiger partial charge in [-0.05, 0) is 39.8 Å². The zero-order valence-corrected chi connectivity index (χ0v) is 12.3. The van der Waals surface area contributed by atoms with Crippen molar-refractivity contribution in [3.8, 4) is 0 Å². The highest BCUT2D eigenvalue weighted by molar-refractivity contribution is 7.16. The number of nitrogens with one attached hydrogen (secondary N) is 1. The molecule has 0 aromatic carbocycles. The Balaban J connectivity index is 2.84. The van der Waals surface area contributed by atoms with Crippen LogP contribution in [0.25, 0.3) is 0 Å². The highest BCUT2D eigenvalue weighted by Crippen LogP contribution is 2.30. The fraction of sp³-hybridized carbons (Fsp3) is 0.500. The van der Waals surface area contributed by atoms with Crippen molar-refractivity contribution in [2.45, 2.75) is 38.8 Å². The molecule has 0 saturated carbocycles. The van der Waals surface area contributed by atoms with Crippen molar-refractivity contribution < 1.29 is 14.3 Å². The normalized spacial score (nSPS) is 14.7. The van der Waals surface area contributed by atoms with E-state index in [1.165, 1.54) is 11.3 Å². The molecule has 1 aromatic rings. The van der Waals surface area contributed by atoms with Crippen molar-refractivity contribution >= 4 is 35.3 Å². The van der Waals surface area contributed by atoms with Gasteiger partial charge in [-0.15, -0.1) is 11.3 Å². The number of carbonyl (C=O) groups excluding carboxylic acids is 2. The SMILES string of the molecule is CC(C)(C)OC(=O)NC(C)(C=O)c1ccc(Cl)s1. The van der Waals surface area contributed by atoms with Crippen molar-refractivity contribution in [3.05, 3.63) is 21.3 Å². The van der Waals surface area contributed by atoms with Crippen LogP contribution in [-0.4, -0.2) is 18.0 Å². The Hall–Kier alpha value is -1.07. The van der Waals surface area contributed by atoms with Crippen molar-refractivity contribution in [2.24, 2.45) is 0 Å². The standard InChI is InChI=1S/C12H16ClNO3S/c1-11(2,3)17-10(16)14-12(4,7-15)8-5-6-9(13)18-8/h5-7H,1-4H3,(H,14,16). The lowest BCUT2D eigenvalue weighted by Gasteiger charge is -2.26. The van der Waals surface area contributed by atoms with Crippen molar-refractivity contribution in [3.63, 3.8) is 0 Å². The van der Waals surface area contributed by atoms with E-state index in [1.54, 1.807) is 39.8 Å². The molecule has 0 bridgehead atoms. The van der Waals surface area contributed by atoms with Crippen LogP contribution in [0.2, 0.25) is 4.34 Å². The molecular weight excluding hydrogens is 274 g/mol. The third kappa shape index (κ3) is 3.99. The molecule has 0 aliphatic rings. The molecule has 0 aliphatic carbocycles. The fourth-order valence-corrected chi connectivity index (χ4v) is 2.36. The first kappa shape index (κ1) is 15.0. The summed E-state index contributed by atoms with van der Waals surface area (Å²) in [7, 11) is 0. The number of hydrogen-bond donors (Lipinski definition) is 1. The first-order valence-corrected chi connectivity index (χ1v) is 6.59. The molecule has 1 N–H and O–H groups in total. The van der Waals surface area contributed by atoms with E-state index in [1.807, 2.05) is 0 Å². The predicted octanol–water partition coefficient (Wildman–Crippen LogP) is 3.34. The van der Waals surface area contributed by atoms with E-state index in [9.17, 15) is 9.59 Å². The third-order valence-electron chi connectivity index (χ3n) is 2.08. The Morgan fingerprint density at radius 2 is 2.00 bits per heavy atom.